The van der Waals surface area contributed by atoms with Gasteiger partial charge in [0.05, 0.1) is 4.90 Å². The second-order valence-electron chi connectivity index (χ2n) is 8.72. The molecule has 186 valence electrons. The molecule has 0 aliphatic carbocycles. The molecular weight excluding hydrogens is 462 g/mol. The van der Waals surface area contributed by atoms with Crippen LogP contribution in [0.4, 0.5) is 23.1 Å². The number of nitrogens with two attached hydrogens (primary N) is 1. The molecule has 10 heteroatoms. The summed E-state index contributed by atoms with van der Waals surface area (Å²) in [6, 6.07) is 14.6. The highest BCUT2D eigenvalue weighted by molar-refractivity contribution is 7.89. The van der Waals surface area contributed by atoms with Gasteiger partial charge in [-0.3, -0.25) is 0 Å². The molecule has 1 aliphatic heterocycles. The Labute approximate surface area is 207 Å². The van der Waals surface area contributed by atoms with Crippen molar-refractivity contribution in [2.75, 3.05) is 36.8 Å². The van der Waals surface area contributed by atoms with E-state index in [1.54, 1.807) is 40.8 Å². The van der Waals surface area contributed by atoms with Crippen molar-refractivity contribution in [2.24, 2.45) is 5.73 Å². The molecule has 1 saturated heterocycles. The predicted octanol–water partition coefficient (Wildman–Crippen LogP) is 3.28. The number of anilines is 4. The van der Waals surface area contributed by atoms with E-state index in [0.717, 1.165) is 31.6 Å². The number of sulfonamides is 1. The van der Waals surface area contributed by atoms with E-state index in [1.165, 1.54) is 11.1 Å². The Morgan fingerprint density at radius 2 is 1.71 bits per heavy atom. The van der Waals surface area contributed by atoms with Gasteiger partial charge >= 0.3 is 0 Å². The quantitative estimate of drug-likeness (QED) is 0.356. The first-order chi connectivity index (χ1) is 16.9. The van der Waals surface area contributed by atoms with Crippen LogP contribution in [0.2, 0.25) is 0 Å². The van der Waals surface area contributed by atoms with Crippen LogP contribution in [0.5, 0.6) is 0 Å². The summed E-state index contributed by atoms with van der Waals surface area (Å²) >= 11 is 0. The highest BCUT2D eigenvalue weighted by Gasteiger charge is 2.31. The standard InChI is InChI=1S/C25H33N7O2S/c1-18-3-4-21(17-19(18)2)29-24-11-15-28-25(31-24)30-20-5-7-23(8-6-20)35(33,34)32(16-12-26)22-9-13-27-14-10-22/h3-8,11,15,17,22,27H,9-10,12-14,16,26H2,1-2H3,(H2,28,29,30,31). The summed E-state index contributed by atoms with van der Waals surface area (Å²) in [4.78, 5) is 9.06. The van der Waals surface area contributed by atoms with Crippen molar-refractivity contribution in [1.82, 2.24) is 19.6 Å². The molecule has 1 aromatic heterocycles. The summed E-state index contributed by atoms with van der Waals surface area (Å²) in [6.45, 7) is 6.35. The molecule has 1 aliphatic rings. The maximum absolute atomic E-state index is 13.4. The molecule has 1 fully saturated rings. The van der Waals surface area contributed by atoms with Crippen LogP contribution in [0.25, 0.3) is 0 Å². The smallest absolute Gasteiger partial charge is 0.243 e. The zero-order valence-corrected chi connectivity index (χ0v) is 21.0. The number of aromatic nitrogens is 2. The molecular formula is C25H33N7O2S. The van der Waals surface area contributed by atoms with Gasteiger partial charge < -0.3 is 21.7 Å². The first-order valence-corrected chi connectivity index (χ1v) is 13.3. The third-order valence-corrected chi connectivity index (χ3v) is 8.18. The van der Waals surface area contributed by atoms with Crippen molar-refractivity contribution in [1.29, 1.82) is 0 Å². The van der Waals surface area contributed by atoms with Gasteiger partial charge in [-0.05, 0) is 93.4 Å². The molecule has 0 saturated carbocycles. The number of hydrogen-bond acceptors (Lipinski definition) is 8. The van der Waals surface area contributed by atoms with Gasteiger partial charge in [0.25, 0.3) is 0 Å². The maximum Gasteiger partial charge on any atom is 0.243 e. The molecule has 0 radical (unpaired) electrons. The van der Waals surface area contributed by atoms with Crippen molar-refractivity contribution >= 4 is 33.2 Å². The van der Waals surface area contributed by atoms with E-state index in [2.05, 4.69) is 51.9 Å². The Balaban J connectivity index is 1.47. The van der Waals surface area contributed by atoms with Gasteiger partial charge in [0, 0.05) is 36.7 Å². The third-order valence-electron chi connectivity index (χ3n) is 6.22. The SMILES string of the molecule is Cc1ccc(Nc2ccnc(Nc3ccc(S(=O)(=O)N(CCN)C4CCNCC4)cc3)n2)cc1C. The Morgan fingerprint density at radius 1 is 1.00 bits per heavy atom. The number of aryl methyl sites for hydroxylation is 2. The van der Waals surface area contributed by atoms with E-state index in [1.807, 2.05) is 6.07 Å². The number of benzene rings is 2. The van der Waals surface area contributed by atoms with Gasteiger partial charge in [-0.1, -0.05) is 6.07 Å². The fourth-order valence-electron chi connectivity index (χ4n) is 4.15. The first-order valence-electron chi connectivity index (χ1n) is 11.8. The van der Waals surface area contributed by atoms with Crippen molar-refractivity contribution in [3.05, 3.63) is 65.9 Å². The average Bonchev–Trinajstić information content (AvgIpc) is 2.86. The molecule has 0 bridgehead atoms. The Kier molecular flexibility index (Phi) is 7.97. The van der Waals surface area contributed by atoms with Gasteiger partial charge in [-0.2, -0.15) is 9.29 Å². The number of piperidine rings is 1. The van der Waals surface area contributed by atoms with Crippen molar-refractivity contribution < 1.29 is 8.42 Å². The summed E-state index contributed by atoms with van der Waals surface area (Å²) in [5.41, 5.74) is 9.81. The summed E-state index contributed by atoms with van der Waals surface area (Å²) < 4.78 is 28.3. The van der Waals surface area contributed by atoms with E-state index >= 15 is 0 Å². The zero-order chi connectivity index (χ0) is 24.8. The fourth-order valence-corrected chi connectivity index (χ4v) is 5.85. The Morgan fingerprint density at radius 3 is 2.40 bits per heavy atom. The minimum atomic E-state index is -3.64. The first kappa shape index (κ1) is 25.1. The minimum absolute atomic E-state index is 0.0384. The largest absolute Gasteiger partial charge is 0.340 e. The maximum atomic E-state index is 13.4. The summed E-state index contributed by atoms with van der Waals surface area (Å²) in [6.07, 6.45) is 3.23. The molecule has 5 N–H and O–H groups in total. The monoisotopic (exact) mass is 495 g/mol. The molecule has 0 amide bonds. The van der Waals surface area contributed by atoms with Gasteiger partial charge in [0.1, 0.15) is 5.82 Å². The molecule has 35 heavy (non-hydrogen) atoms. The lowest BCUT2D eigenvalue weighted by molar-refractivity contribution is 0.266. The van der Waals surface area contributed by atoms with Gasteiger partial charge in [-0.25, -0.2) is 13.4 Å². The topological polar surface area (TPSA) is 125 Å². The minimum Gasteiger partial charge on any atom is -0.340 e. The number of nitrogens with one attached hydrogen (secondary N) is 3. The second kappa shape index (κ2) is 11.1. The molecule has 2 heterocycles. The van der Waals surface area contributed by atoms with E-state index < -0.39 is 10.0 Å². The molecule has 0 atom stereocenters. The molecule has 0 unspecified atom stereocenters. The summed E-state index contributed by atoms with van der Waals surface area (Å²) in [5.74, 6) is 1.07. The van der Waals surface area contributed by atoms with Crippen LogP contribution in [-0.2, 0) is 10.0 Å². The van der Waals surface area contributed by atoms with Crippen molar-refractivity contribution in [3.63, 3.8) is 0 Å². The lowest BCUT2D eigenvalue weighted by Crippen LogP contribution is -2.47. The van der Waals surface area contributed by atoms with Crippen LogP contribution in [0.15, 0.2) is 59.6 Å². The number of hydrogen-bond donors (Lipinski definition) is 4. The molecule has 4 rings (SSSR count). The predicted molar refractivity (Wildman–Crippen MR) is 140 cm³/mol. The molecule has 0 spiro atoms. The second-order valence-corrected chi connectivity index (χ2v) is 10.6. The lowest BCUT2D eigenvalue weighted by atomic mass is 10.1. The highest BCUT2D eigenvalue weighted by Crippen LogP contribution is 2.25. The summed E-state index contributed by atoms with van der Waals surface area (Å²) in [7, 11) is -3.64. The average molecular weight is 496 g/mol. The highest BCUT2D eigenvalue weighted by atomic mass is 32.2. The Hall–Kier alpha value is -3.05. The van der Waals surface area contributed by atoms with Crippen LogP contribution in [0, 0.1) is 13.8 Å². The lowest BCUT2D eigenvalue weighted by Gasteiger charge is -2.33. The third kappa shape index (κ3) is 6.15. The molecule has 2 aromatic carbocycles. The van der Waals surface area contributed by atoms with E-state index in [9.17, 15) is 8.42 Å². The van der Waals surface area contributed by atoms with E-state index in [-0.39, 0.29) is 17.5 Å². The van der Waals surface area contributed by atoms with Crippen molar-refractivity contribution in [3.8, 4) is 0 Å². The van der Waals surface area contributed by atoms with Crippen LogP contribution in [-0.4, -0.2) is 54.9 Å². The van der Waals surface area contributed by atoms with Gasteiger partial charge in [0.15, 0.2) is 0 Å². The number of nitrogens with zero attached hydrogens (tertiary/aromatic N) is 3. The van der Waals surface area contributed by atoms with Crippen LogP contribution in [0.3, 0.4) is 0 Å². The number of rotatable bonds is 9. The Bertz CT molecular complexity index is 1240. The van der Waals surface area contributed by atoms with Crippen LogP contribution >= 0.6 is 0 Å². The fraction of sp³-hybridized carbons (Fsp3) is 0.360. The molecule has 3 aromatic rings. The normalized spacial score (nSPS) is 14.7. The summed E-state index contributed by atoms with van der Waals surface area (Å²) in [5, 5.41) is 9.72. The van der Waals surface area contributed by atoms with Crippen LogP contribution in [0.1, 0.15) is 24.0 Å². The zero-order valence-electron chi connectivity index (χ0n) is 20.2. The molecule has 9 nitrogen and oxygen atoms in total. The van der Waals surface area contributed by atoms with E-state index in [4.69, 9.17) is 5.73 Å². The van der Waals surface area contributed by atoms with Gasteiger partial charge in [0.2, 0.25) is 16.0 Å². The van der Waals surface area contributed by atoms with Crippen molar-refractivity contribution in [2.45, 2.75) is 37.6 Å². The van der Waals surface area contributed by atoms with E-state index in [0.29, 0.717) is 24.0 Å². The van der Waals surface area contributed by atoms with Crippen LogP contribution < -0.4 is 21.7 Å². The van der Waals surface area contributed by atoms with Gasteiger partial charge in [-0.15, -0.1) is 0 Å².